The van der Waals surface area contributed by atoms with Gasteiger partial charge in [0.05, 0.1) is 5.39 Å². The Labute approximate surface area is 309 Å². The topological polar surface area (TPSA) is 55.6 Å². The monoisotopic (exact) mass is 694 g/mol. The van der Waals surface area contributed by atoms with Crippen molar-refractivity contribution >= 4 is 72.0 Å². The van der Waals surface area contributed by atoms with Gasteiger partial charge in [-0.25, -0.2) is 4.98 Å². The van der Waals surface area contributed by atoms with Crippen molar-refractivity contribution in [1.29, 1.82) is 0 Å². The van der Waals surface area contributed by atoms with E-state index in [1.54, 1.807) is 0 Å². The van der Waals surface area contributed by atoms with E-state index in [-0.39, 0.29) is 0 Å². The van der Waals surface area contributed by atoms with E-state index in [4.69, 9.17) is 18.2 Å². The number of furan rings is 2. The van der Waals surface area contributed by atoms with Gasteiger partial charge in [0.2, 0.25) is 5.89 Å². The number of rotatable bonds is 6. The minimum Gasteiger partial charge on any atom is -0.455 e. The summed E-state index contributed by atoms with van der Waals surface area (Å²) in [5.41, 5.74) is 13.3. The maximum Gasteiger partial charge on any atom is 0.227 e. The highest BCUT2D eigenvalue weighted by Crippen LogP contribution is 2.42. The lowest BCUT2D eigenvalue weighted by atomic mass is 10.0. The molecule has 0 spiro atoms. The number of para-hydroxylation sites is 4. The number of oxazole rings is 1. The third-order valence-electron chi connectivity index (χ3n) is 10.3. The van der Waals surface area contributed by atoms with Crippen LogP contribution in [0.5, 0.6) is 0 Å². The van der Waals surface area contributed by atoms with Crippen molar-refractivity contribution in [3.63, 3.8) is 0 Å². The zero-order valence-electron chi connectivity index (χ0n) is 28.9. The van der Waals surface area contributed by atoms with Crippen LogP contribution in [-0.4, -0.2) is 4.98 Å². The number of hydrogen-bond donors (Lipinski definition) is 0. The summed E-state index contributed by atoms with van der Waals surface area (Å²) in [6.07, 6.45) is 0. The lowest BCUT2D eigenvalue weighted by Gasteiger charge is -2.26. The SMILES string of the molecule is c1ccc(-c2nc3ccc4oc5c(-c6ccc(N(c7ccccc7)c7ccc(-c8cccc9c8oc8ccccc89)cc7)cc6)cccc5c4c3o2)cc1. The van der Waals surface area contributed by atoms with Gasteiger partial charge in [-0.2, -0.15) is 0 Å². The number of anilines is 3. The van der Waals surface area contributed by atoms with Crippen molar-refractivity contribution in [2.75, 3.05) is 4.90 Å². The molecule has 11 aromatic rings. The van der Waals surface area contributed by atoms with Gasteiger partial charge in [-0.1, -0.05) is 115 Å². The van der Waals surface area contributed by atoms with E-state index in [0.717, 1.165) is 99.9 Å². The van der Waals surface area contributed by atoms with Gasteiger partial charge < -0.3 is 18.2 Å². The molecule has 0 fully saturated rings. The summed E-state index contributed by atoms with van der Waals surface area (Å²) in [4.78, 5) is 7.08. The second-order valence-corrected chi connectivity index (χ2v) is 13.5. The third-order valence-corrected chi connectivity index (χ3v) is 10.3. The summed E-state index contributed by atoms with van der Waals surface area (Å²) in [6.45, 7) is 0. The molecular formula is C49H30N2O3. The lowest BCUT2D eigenvalue weighted by molar-refractivity contribution is 0.622. The average molecular weight is 695 g/mol. The maximum atomic E-state index is 6.56. The molecule has 0 unspecified atom stereocenters. The molecule has 0 amide bonds. The van der Waals surface area contributed by atoms with Gasteiger partial charge in [0.25, 0.3) is 0 Å². The van der Waals surface area contributed by atoms with Crippen molar-refractivity contribution in [3.05, 3.63) is 182 Å². The number of benzene rings is 8. The van der Waals surface area contributed by atoms with Crippen LogP contribution in [0, 0.1) is 0 Å². The van der Waals surface area contributed by atoms with E-state index in [9.17, 15) is 0 Å². The van der Waals surface area contributed by atoms with Crippen LogP contribution in [0.4, 0.5) is 17.1 Å². The average Bonchev–Trinajstić information content (AvgIpc) is 3.96. The van der Waals surface area contributed by atoms with Gasteiger partial charge in [-0.3, -0.25) is 0 Å². The predicted molar refractivity (Wildman–Crippen MR) is 220 cm³/mol. The number of nitrogens with zero attached hydrogens (tertiary/aromatic N) is 2. The Morgan fingerprint density at radius 1 is 0.352 bits per heavy atom. The minimum absolute atomic E-state index is 0.598. The molecule has 0 saturated carbocycles. The van der Waals surface area contributed by atoms with Crippen LogP contribution in [0.1, 0.15) is 0 Å². The molecule has 54 heavy (non-hydrogen) atoms. The highest BCUT2D eigenvalue weighted by Gasteiger charge is 2.20. The molecule has 0 aliphatic carbocycles. The van der Waals surface area contributed by atoms with Crippen molar-refractivity contribution in [1.82, 2.24) is 4.98 Å². The fourth-order valence-electron chi connectivity index (χ4n) is 7.78. The molecule has 5 heteroatoms. The van der Waals surface area contributed by atoms with Crippen molar-refractivity contribution in [2.24, 2.45) is 0 Å². The summed E-state index contributed by atoms with van der Waals surface area (Å²) < 4.78 is 19.3. The first-order valence-electron chi connectivity index (χ1n) is 18.0. The zero-order valence-corrected chi connectivity index (χ0v) is 28.9. The third kappa shape index (κ3) is 4.83. The van der Waals surface area contributed by atoms with Crippen LogP contribution in [-0.2, 0) is 0 Å². The number of aromatic nitrogens is 1. The molecule has 11 rings (SSSR count). The summed E-state index contributed by atoms with van der Waals surface area (Å²) in [6, 6.07) is 62.7. The molecule has 3 aromatic heterocycles. The molecule has 254 valence electrons. The molecule has 0 radical (unpaired) electrons. The van der Waals surface area contributed by atoms with Crippen LogP contribution < -0.4 is 4.90 Å². The predicted octanol–water partition coefficient (Wildman–Crippen LogP) is 14.1. The molecule has 0 atom stereocenters. The summed E-state index contributed by atoms with van der Waals surface area (Å²) in [7, 11) is 0. The lowest BCUT2D eigenvalue weighted by Crippen LogP contribution is -2.09. The van der Waals surface area contributed by atoms with Crippen molar-refractivity contribution in [3.8, 4) is 33.7 Å². The molecule has 5 nitrogen and oxygen atoms in total. The zero-order chi connectivity index (χ0) is 35.6. The molecule has 0 saturated heterocycles. The van der Waals surface area contributed by atoms with Crippen LogP contribution >= 0.6 is 0 Å². The second-order valence-electron chi connectivity index (χ2n) is 13.5. The number of fused-ring (bicyclic) bond motifs is 8. The molecular weight excluding hydrogens is 665 g/mol. The molecule has 3 heterocycles. The number of hydrogen-bond acceptors (Lipinski definition) is 5. The van der Waals surface area contributed by atoms with Gasteiger partial charge in [-0.05, 0) is 77.9 Å². The Hall–Kier alpha value is -7.37. The van der Waals surface area contributed by atoms with Crippen molar-refractivity contribution < 1.29 is 13.3 Å². The normalized spacial score (nSPS) is 11.7. The molecule has 0 aliphatic rings. The molecule has 8 aromatic carbocycles. The van der Waals surface area contributed by atoms with Crippen LogP contribution in [0.15, 0.2) is 195 Å². The Balaban J connectivity index is 0.970. The van der Waals surface area contributed by atoms with E-state index in [2.05, 4.69) is 126 Å². The smallest absolute Gasteiger partial charge is 0.227 e. The van der Waals surface area contributed by atoms with Gasteiger partial charge in [0.1, 0.15) is 27.8 Å². The summed E-state index contributed by atoms with van der Waals surface area (Å²) in [5.74, 6) is 0.598. The largest absolute Gasteiger partial charge is 0.455 e. The Kier molecular flexibility index (Phi) is 6.79. The Bertz CT molecular complexity index is 3140. The standard InChI is InChI=1S/C49H30N2O3/c1-3-11-33(12-4-1)49-50-42-29-30-44-45(48(42)54-49)41-19-10-17-38(47(41)53-44)32-23-27-36(28-24-32)51(34-13-5-2-6-14-34)35-25-21-31(22-26-35)37-16-9-18-40-39-15-7-8-20-43(39)52-46(37)40/h1-30H. The Morgan fingerprint density at radius 2 is 0.907 bits per heavy atom. The molecule has 0 bridgehead atoms. The fraction of sp³-hybridized carbons (Fsp3) is 0. The van der Waals surface area contributed by atoms with Gasteiger partial charge >= 0.3 is 0 Å². The first kappa shape index (κ1) is 30.3. The van der Waals surface area contributed by atoms with Gasteiger partial charge in [0, 0.05) is 49.9 Å². The fourth-order valence-corrected chi connectivity index (χ4v) is 7.78. The summed E-state index contributed by atoms with van der Waals surface area (Å²) in [5, 5.41) is 4.19. The van der Waals surface area contributed by atoms with E-state index in [1.165, 1.54) is 0 Å². The molecule has 0 N–H and O–H groups in total. The van der Waals surface area contributed by atoms with Gasteiger partial charge in [0.15, 0.2) is 5.58 Å². The Morgan fingerprint density at radius 3 is 1.61 bits per heavy atom. The first-order valence-corrected chi connectivity index (χ1v) is 18.0. The minimum atomic E-state index is 0.598. The second kappa shape index (κ2) is 12.1. The van der Waals surface area contributed by atoms with Crippen LogP contribution in [0.25, 0.3) is 88.7 Å². The van der Waals surface area contributed by atoms with E-state index in [1.807, 2.05) is 60.7 Å². The first-order chi connectivity index (χ1) is 26.8. The van der Waals surface area contributed by atoms with Crippen LogP contribution in [0.3, 0.4) is 0 Å². The quantitative estimate of drug-likeness (QED) is 0.173. The summed E-state index contributed by atoms with van der Waals surface area (Å²) >= 11 is 0. The highest BCUT2D eigenvalue weighted by atomic mass is 16.4. The van der Waals surface area contributed by atoms with Gasteiger partial charge in [-0.15, -0.1) is 0 Å². The van der Waals surface area contributed by atoms with E-state index >= 15 is 0 Å². The maximum absolute atomic E-state index is 6.56. The van der Waals surface area contributed by atoms with E-state index < -0.39 is 0 Å². The highest BCUT2D eigenvalue weighted by molar-refractivity contribution is 6.18. The van der Waals surface area contributed by atoms with E-state index in [0.29, 0.717) is 5.89 Å². The molecule has 0 aliphatic heterocycles. The van der Waals surface area contributed by atoms with Crippen molar-refractivity contribution in [2.45, 2.75) is 0 Å². The van der Waals surface area contributed by atoms with Crippen LogP contribution in [0.2, 0.25) is 0 Å².